The summed E-state index contributed by atoms with van der Waals surface area (Å²) < 4.78 is 6.98. The van der Waals surface area contributed by atoms with Crippen LogP contribution in [0.5, 0.6) is 0 Å². The molecule has 1 saturated heterocycles. The average molecular weight is 338 g/mol. The highest BCUT2D eigenvalue weighted by Crippen LogP contribution is 2.20. The Kier molecular flexibility index (Phi) is 4.47. The fraction of sp³-hybridized carbons (Fsp3) is 0.389. The molecule has 1 aliphatic rings. The largest absolute Gasteiger partial charge is 0.384 e. The van der Waals surface area contributed by atoms with Gasteiger partial charge in [0.2, 0.25) is 11.7 Å². The normalized spacial score (nSPS) is 15.5. The predicted octanol–water partition coefficient (Wildman–Crippen LogP) is 2.55. The highest BCUT2D eigenvalue weighted by atomic mass is 16.5. The molecule has 0 unspecified atom stereocenters. The van der Waals surface area contributed by atoms with Crippen LogP contribution in [-0.4, -0.2) is 37.9 Å². The summed E-state index contributed by atoms with van der Waals surface area (Å²) in [5, 5.41) is 8.23. The molecule has 2 N–H and O–H groups in total. The summed E-state index contributed by atoms with van der Waals surface area (Å²) in [5.74, 6) is 1.66. The first-order valence-corrected chi connectivity index (χ1v) is 8.69. The summed E-state index contributed by atoms with van der Waals surface area (Å²) in [6, 6.07) is 10.1. The van der Waals surface area contributed by atoms with Gasteiger partial charge in [0.1, 0.15) is 12.4 Å². The van der Waals surface area contributed by atoms with Gasteiger partial charge in [0, 0.05) is 12.1 Å². The minimum Gasteiger partial charge on any atom is -0.384 e. The highest BCUT2D eigenvalue weighted by Gasteiger charge is 2.13. The number of hydrogen-bond acceptors (Lipinski definition) is 6. The van der Waals surface area contributed by atoms with Crippen LogP contribution in [0.1, 0.15) is 30.7 Å². The van der Waals surface area contributed by atoms with E-state index in [1.165, 1.54) is 37.9 Å². The Balaban J connectivity index is 1.48. The number of benzene rings is 1. The van der Waals surface area contributed by atoms with Gasteiger partial charge in [-0.3, -0.25) is 4.90 Å². The third-order valence-electron chi connectivity index (χ3n) is 4.54. The molecule has 3 heterocycles. The van der Waals surface area contributed by atoms with Crippen LogP contribution in [0.4, 0.5) is 5.82 Å². The van der Waals surface area contributed by atoms with Crippen molar-refractivity contribution < 1.29 is 4.52 Å². The van der Waals surface area contributed by atoms with Crippen molar-refractivity contribution in [3.63, 3.8) is 0 Å². The Morgan fingerprint density at radius 2 is 1.96 bits per heavy atom. The first-order chi connectivity index (χ1) is 12.3. The topological polar surface area (TPSA) is 86.0 Å². The van der Waals surface area contributed by atoms with Gasteiger partial charge in [-0.1, -0.05) is 29.8 Å². The lowest BCUT2D eigenvalue weighted by Crippen LogP contribution is -2.29. The lowest BCUT2D eigenvalue weighted by molar-refractivity contribution is 0.221. The second-order valence-electron chi connectivity index (χ2n) is 6.46. The third-order valence-corrected chi connectivity index (χ3v) is 4.54. The van der Waals surface area contributed by atoms with E-state index in [9.17, 15) is 0 Å². The third kappa shape index (κ3) is 3.71. The van der Waals surface area contributed by atoms with Gasteiger partial charge >= 0.3 is 0 Å². The molecule has 0 atom stereocenters. The number of anilines is 1. The molecule has 0 amide bonds. The minimum atomic E-state index is 0.374. The van der Waals surface area contributed by atoms with Gasteiger partial charge in [0.25, 0.3) is 0 Å². The van der Waals surface area contributed by atoms with Crippen molar-refractivity contribution in [3.8, 4) is 11.4 Å². The molecule has 1 aromatic carbocycles. The molecule has 1 fully saturated rings. The summed E-state index contributed by atoms with van der Waals surface area (Å²) in [6.45, 7) is 3.71. The molecule has 0 spiro atoms. The van der Waals surface area contributed by atoms with Crippen molar-refractivity contribution in [1.29, 1.82) is 0 Å². The smallest absolute Gasteiger partial charge is 0.248 e. The molecule has 25 heavy (non-hydrogen) atoms. The van der Waals surface area contributed by atoms with Crippen LogP contribution in [0.15, 0.2) is 41.1 Å². The SMILES string of the molecule is Nc1ccnn1Cc1nc(-c2cccc(CN3CCCCC3)c2)no1. The zero-order chi connectivity index (χ0) is 17.1. The molecule has 0 aliphatic carbocycles. The summed E-state index contributed by atoms with van der Waals surface area (Å²) in [7, 11) is 0. The zero-order valence-electron chi connectivity index (χ0n) is 14.1. The van der Waals surface area contributed by atoms with E-state index < -0.39 is 0 Å². The second kappa shape index (κ2) is 7.06. The summed E-state index contributed by atoms with van der Waals surface area (Å²) in [4.78, 5) is 6.98. The number of hydrogen-bond donors (Lipinski definition) is 1. The van der Waals surface area contributed by atoms with E-state index in [-0.39, 0.29) is 0 Å². The van der Waals surface area contributed by atoms with Crippen molar-refractivity contribution in [2.45, 2.75) is 32.4 Å². The Bertz CT molecular complexity index is 833. The van der Waals surface area contributed by atoms with Crippen molar-refractivity contribution >= 4 is 5.82 Å². The highest BCUT2D eigenvalue weighted by molar-refractivity contribution is 5.55. The molecule has 7 heteroatoms. The maximum atomic E-state index is 5.82. The summed E-state index contributed by atoms with van der Waals surface area (Å²) >= 11 is 0. The van der Waals surface area contributed by atoms with Gasteiger partial charge < -0.3 is 10.3 Å². The number of likely N-dealkylation sites (tertiary alicyclic amines) is 1. The molecule has 2 aromatic heterocycles. The van der Waals surface area contributed by atoms with Crippen molar-refractivity contribution in [3.05, 3.63) is 48.0 Å². The van der Waals surface area contributed by atoms with Crippen LogP contribution in [0, 0.1) is 0 Å². The molecule has 130 valence electrons. The molecule has 0 saturated carbocycles. The second-order valence-corrected chi connectivity index (χ2v) is 6.46. The lowest BCUT2D eigenvalue weighted by Gasteiger charge is -2.26. The maximum Gasteiger partial charge on any atom is 0.248 e. The monoisotopic (exact) mass is 338 g/mol. The van der Waals surface area contributed by atoms with Crippen molar-refractivity contribution in [2.75, 3.05) is 18.8 Å². The molecule has 1 aliphatic heterocycles. The number of nitrogens with zero attached hydrogens (tertiary/aromatic N) is 5. The van der Waals surface area contributed by atoms with E-state index in [4.69, 9.17) is 10.3 Å². The van der Waals surface area contributed by atoms with Crippen LogP contribution in [0.3, 0.4) is 0 Å². The van der Waals surface area contributed by atoms with Crippen molar-refractivity contribution in [1.82, 2.24) is 24.8 Å². The van der Waals surface area contributed by atoms with Crippen LogP contribution in [0.25, 0.3) is 11.4 Å². The van der Waals surface area contributed by atoms with Gasteiger partial charge in [-0.2, -0.15) is 10.1 Å². The molecule has 7 nitrogen and oxygen atoms in total. The van der Waals surface area contributed by atoms with Gasteiger partial charge in [-0.25, -0.2) is 4.68 Å². The summed E-state index contributed by atoms with van der Waals surface area (Å²) in [6.07, 6.45) is 5.59. The molecule has 3 aromatic rings. The Labute approximate surface area is 146 Å². The molecule has 0 radical (unpaired) electrons. The minimum absolute atomic E-state index is 0.374. The first kappa shape index (κ1) is 15.8. The molecular weight excluding hydrogens is 316 g/mol. The van der Waals surface area contributed by atoms with Gasteiger partial charge in [-0.05, 0) is 43.6 Å². The number of piperidine rings is 1. The Morgan fingerprint density at radius 3 is 2.76 bits per heavy atom. The molecular formula is C18H22N6O. The number of nitrogen functional groups attached to an aromatic ring is 1. The Morgan fingerprint density at radius 1 is 1.08 bits per heavy atom. The Hall–Kier alpha value is -2.67. The van der Waals surface area contributed by atoms with Gasteiger partial charge in [0.05, 0.1) is 6.20 Å². The fourth-order valence-corrected chi connectivity index (χ4v) is 3.22. The van der Waals surface area contributed by atoms with Crippen LogP contribution in [-0.2, 0) is 13.1 Å². The van der Waals surface area contributed by atoms with E-state index in [1.54, 1.807) is 16.9 Å². The van der Waals surface area contributed by atoms with Crippen LogP contribution in [0.2, 0.25) is 0 Å². The van der Waals surface area contributed by atoms with Crippen LogP contribution >= 0.6 is 0 Å². The van der Waals surface area contributed by atoms with Crippen LogP contribution < -0.4 is 5.73 Å². The maximum absolute atomic E-state index is 5.82. The molecule has 4 rings (SSSR count). The quantitative estimate of drug-likeness (QED) is 0.769. The van der Waals surface area contributed by atoms with Gasteiger partial charge in [0.15, 0.2) is 0 Å². The zero-order valence-corrected chi connectivity index (χ0v) is 14.1. The van der Waals surface area contributed by atoms with E-state index in [2.05, 4.69) is 38.3 Å². The average Bonchev–Trinajstić information content (AvgIpc) is 3.26. The predicted molar refractivity (Wildman–Crippen MR) is 94.6 cm³/mol. The molecule has 0 bridgehead atoms. The fourth-order valence-electron chi connectivity index (χ4n) is 3.22. The number of rotatable bonds is 5. The first-order valence-electron chi connectivity index (χ1n) is 8.69. The summed E-state index contributed by atoms with van der Waals surface area (Å²) in [5.41, 5.74) is 8.07. The lowest BCUT2D eigenvalue weighted by atomic mass is 10.1. The van der Waals surface area contributed by atoms with E-state index in [0.717, 1.165) is 12.1 Å². The van der Waals surface area contributed by atoms with Crippen molar-refractivity contribution in [2.24, 2.45) is 0 Å². The number of nitrogens with two attached hydrogens (primary N) is 1. The van der Waals surface area contributed by atoms with Gasteiger partial charge in [-0.15, -0.1) is 0 Å². The number of aromatic nitrogens is 4. The van der Waals surface area contributed by atoms with E-state index in [1.807, 2.05) is 6.07 Å². The standard InChI is InChI=1S/C18H22N6O/c19-16-7-8-20-24(16)13-17-21-18(22-25-17)15-6-4-5-14(11-15)12-23-9-2-1-3-10-23/h4-8,11H,1-3,9-10,12-13,19H2. The van der Waals surface area contributed by atoms with E-state index >= 15 is 0 Å². The van der Waals surface area contributed by atoms with E-state index in [0.29, 0.717) is 24.1 Å².